The predicted octanol–water partition coefficient (Wildman–Crippen LogP) is -3.37. The van der Waals surface area contributed by atoms with Crippen molar-refractivity contribution in [3.05, 3.63) is 23.3 Å². The fraction of sp³-hybridized carbons (Fsp3) is 0.783. The van der Waals surface area contributed by atoms with Gasteiger partial charge in [0.15, 0.2) is 23.1 Å². The predicted molar refractivity (Wildman–Crippen MR) is 212 cm³/mol. The van der Waals surface area contributed by atoms with Crippen LogP contribution in [0.25, 0.3) is 0 Å². The van der Waals surface area contributed by atoms with Crippen molar-refractivity contribution in [2.24, 2.45) is 57.2 Å². The van der Waals surface area contributed by atoms with Crippen LogP contribution in [-0.4, -0.2) is 115 Å². The van der Waals surface area contributed by atoms with Crippen molar-refractivity contribution in [1.29, 1.82) is 0 Å². The summed E-state index contributed by atoms with van der Waals surface area (Å²) in [5.41, 5.74) is -5.84. The van der Waals surface area contributed by atoms with E-state index in [2.05, 4.69) is 0 Å². The van der Waals surface area contributed by atoms with Gasteiger partial charge in [0, 0.05) is 46.3 Å². The summed E-state index contributed by atoms with van der Waals surface area (Å²) in [6.07, 6.45) is 2.07. The van der Waals surface area contributed by atoms with E-state index in [0.717, 1.165) is 11.1 Å². The molecule has 0 heterocycles. The van der Waals surface area contributed by atoms with Gasteiger partial charge >= 0.3 is 71.1 Å². The minimum atomic E-state index is -1.78. The van der Waals surface area contributed by atoms with E-state index in [0.29, 0.717) is 38.5 Å². The molecule has 0 amide bonds. The van der Waals surface area contributed by atoms with Gasteiger partial charge in [-0.25, -0.2) is 0 Å². The van der Waals surface area contributed by atoms with Crippen molar-refractivity contribution >= 4 is 35.1 Å². The number of hydrogen-bond acceptors (Lipinski definition) is 14. The standard InChI is InChI=1S/C46H62O14.2Na.2H/c1-41-19-31(51)39-27(29(41)11-13-45(41,57)33(53)21-47)7-5-23-15-25(49)17-35(43(23,39)3)59-37(55)9-10-38(56)60-36-18-26(50)16-24-6-8-28-30-12-14-46(58,34(54)22-48)42(30,2)20-32(52)40(28)44(24,36)4;;;;/h15-16,27-32,35-36,39-40,47-48,51-52,57-58H,5-14,17-22H2,1-4H3;;;;/q;2*+1;2*-1/t27-,28-,29-,30-,31-,32-,35?,36?,39+,40+,41-,42-,43+,44+,45-,46-;;;;/m0..../s1. The van der Waals surface area contributed by atoms with Crippen molar-refractivity contribution in [3.8, 4) is 0 Å². The number of hydrogen-bond donors (Lipinski definition) is 6. The fourth-order valence-electron chi connectivity index (χ4n) is 15.6. The molecule has 6 saturated carbocycles. The molecule has 334 valence electrons. The Morgan fingerprint density at radius 2 is 1.00 bits per heavy atom. The molecule has 0 aromatic carbocycles. The Bertz CT molecular complexity index is 1830. The Morgan fingerprint density at radius 3 is 1.34 bits per heavy atom. The number of aliphatic hydroxyl groups is 6. The summed E-state index contributed by atoms with van der Waals surface area (Å²) in [6.45, 7) is 5.83. The number of esters is 2. The van der Waals surface area contributed by atoms with E-state index in [9.17, 15) is 59.4 Å². The molecule has 8 rings (SSSR count). The van der Waals surface area contributed by atoms with E-state index in [-0.39, 0.29) is 149 Å². The summed E-state index contributed by atoms with van der Waals surface area (Å²) in [7, 11) is 0. The second-order valence-corrected chi connectivity index (χ2v) is 20.7. The van der Waals surface area contributed by atoms with Crippen LogP contribution in [0.4, 0.5) is 0 Å². The van der Waals surface area contributed by atoms with Crippen LogP contribution in [-0.2, 0) is 38.2 Å². The fourth-order valence-corrected chi connectivity index (χ4v) is 15.6. The van der Waals surface area contributed by atoms with Gasteiger partial charge in [0.25, 0.3) is 0 Å². The third-order valence-corrected chi connectivity index (χ3v) is 18.5. The van der Waals surface area contributed by atoms with Crippen molar-refractivity contribution in [2.45, 2.75) is 153 Å². The molecule has 2 unspecified atom stereocenters. The monoisotopic (exact) mass is 886 g/mol. The molecule has 16 heteroatoms. The molecule has 16 atom stereocenters. The zero-order valence-electron chi connectivity index (χ0n) is 39.2. The van der Waals surface area contributed by atoms with E-state index < -0.39 is 106 Å². The van der Waals surface area contributed by atoms with Crippen LogP contribution in [0.1, 0.15) is 120 Å². The molecule has 6 N–H and O–H groups in total. The van der Waals surface area contributed by atoms with E-state index in [1.807, 2.05) is 27.7 Å². The number of rotatable bonds is 9. The third-order valence-electron chi connectivity index (χ3n) is 18.5. The Morgan fingerprint density at radius 1 is 0.645 bits per heavy atom. The zero-order chi connectivity index (χ0) is 43.5. The van der Waals surface area contributed by atoms with E-state index in [1.54, 1.807) is 12.2 Å². The molecule has 0 aliphatic heterocycles. The number of aliphatic hydroxyl groups excluding tert-OH is 4. The molecule has 6 fully saturated rings. The van der Waals surface area contributed by atoms with Crippen LogP contribution in [0.5, 0.6) is 0 Å². The van der Waals surface area contributed by atoms with Gasteiger partial charge in [-0.15, -0.1) is 0 Å². The van der Waals surface area contributed by atoms with Crippen LogP contribution < -0.4 is 59.1 Å². The summed E-state index contributed by atoms with van der Waals surface area (Å²) >= 11 is 0. The number of ether oxygens (including phenoxy) is 2. The van der Waals surface area contributed by atoms with Gasteiger partial charge < -0.3 is 43.0 Å². The first-order chi connectivity index (χ1) is 28.1. The van der Waals surface area contributed by atoms with Gasteiger partial charge in [0.05, 0.1) is 25.0 Å². The van der Waals surface area contributed by atoms with Crippen LogP contribution in [0, 0.1) is 57.2 Å². The largest absolute Gasteiger partial charge is 1.00 e. The van der Waals surface area contributed by atoms with Gasteiger partial charge in [-0.1, -0.05) is 38.8 Å². The van der Waals surface area contributed by atoms with Crippen LogP contribution in [0.2, 0.25) is 0 Å². The second-order valence-electron chi connectivity index (χ2n) is 20.7. The smallest absolute Gasteiger partial charge is 1.00 e. The molecule has 8 aliphatic carbocycles. The molecule has 0 aromatic heterocycles. The Kier molecular flexibility index (Phi) is 14.2. The maximum atomic E-state index is 13.7. The molecule has 14 nitrogen and oxygen atoms in total. The molecule has 0 radical (unpaired) electrons. The quantitative estimate of drug-likeness (QED) is 0.0980. The summed E-state index contributed by atoms with van der Waals surface area (Å²) in [5, 5.41) is 66.5. The van der Waals surface area contributed by atoms with Crippen LogP contribution >= 0.6 is 0 Å². The summed E-state index contributed by atoms with van der Waals surface area (Å²) in [5.74, 6) is -4.76. The van der Waals surface area contributed by atoms with Gasteiger partial charge in [-0.3, -0.25) is 28.8 Å². The molecular formula is C46H64Na2O14. The summed E-state index contributed by atoms with van der Waals surface area (Å²) in [4.78, 5) is 79.2. The maximum Gasteiger partial charge on any atom is 1.00 e. The first kappa shape index (κ1) is 50.3. The topological polar surface area (TPSA) is 242 Å². The minimum absolute atomic E-state index is 0. The van der Waals surface area contributed by atoms with Crippen LogP contribution in [0.3, 0.4) is 0 Å². The van der Waals surface area contributed by atoms with Gasteiger partial charge in [0.1, 0.15) is 36.6 Å². The molecular weight excluding hydrogens is 822 g/mol. The first-order valence-corrected chi connectivity index (χ1v) is 22.1. The van der Waals surface area contributed by atoms with Crippen molar-refractivity contribution in [2.75, 3.05) is 13.2 Å². The minimum Gasteiger partial charge on any atom is -1.00 e. The first-order valence-electron chi connectivity index (χ1n) is 22.1. The molecule has 8 aliphatic rings. The SMILES string of the molecule is C[C@]12C[C@H](O)[C@H]3[C@@H](CCC4=CC(=O)CC(OC(=O)CCC(=O)OC5CC(=O)C=C6CC[C@@H]7[C@H]([C@@H](O)C[C@@]8(C)[C@H]7CC[C@]8(O)C(=O)CO)[C@]65C)[C@@]43C)[C@@H]1CC[C@]2(O)C(=O)CO.[H-].[H-].[Na+].[Na+]. The zero-order valence-corrected chi connectivity index (χ0v) is 41.2. The number of Topliss-reactive ketones (excluding diaryl/α,β-unsaturated/α-hetero) is 2. The normalized spacial score (nSPS) is 46.4. The Balaban J connectivity index is 0.00000224. The van der Waals surface area contributed by atoms with Gasteiger partial charge in [0.2, 0.25) is 0 Å². The van der Waals surface area contributed by atoms with Crippen molar-refractivity contribution < 1.29 is 131 Å². The van der Waals surface area contributed by atoms with Crippen molar-refractivity contribution in [3.63, 3.8) is 0 Å². The van der Waals surface area contributed by atoms with Crippen molar-refractivity contribution in [1.82, 2.24) is 0 Å². The molecule has 0 aromatic rings. The Labute approximate surface area is 409 Å². The van der Waals surface area contributed by atoms with E-state index >= 15 is 0 Å². The molecule has 0 spiro atoms. The van der Waals surface area contributed by atoms with Crippen LogP contribution in [0.15, 0.2) is 23.3 Å². The maximum absolute atomic E-state index is 13.7. The molecule has 0 saturated heterocycles. The summed E-state index contributed by atoms with van der Waals surface area (Å²) < 4.78 is 12.2. The van der Waals surface area contributed by atoms with E-state index in [1.165, 1.54) is 0 Å². The van der Waals surface area contributed by atoms with Gasteiger partial charge in [-0.2, -0.15) is 0 Å². The third kappa shape index (κ3) is 7.16. The summed E-state index contributed by atoms with van der Waals surface area (Å²) in [6, 6.07) is 0. The molecule has 62 heavy (non-hydrogen) atoms. The second kappa shape index (κ2) is 17.5. The van der Waals surface area contributed by atoms with Gasteiger partial charge in [-0.05, 0) is 100 Å². The number of fused-ring (bicyclic) bond motifs is 10. The molecule has 0 bridgehead atoms. The number of ketones is 4. The number of carbonyl (C=O) groups is 6. The average Bonchev–Trinajstić information content (AvgIpc) is 3.62. The van der Waals surface area contributed by atoms with E-state index in [4.69, 9.17) is 9.47 Å². The Hall–Kier alpha value is -1.14. The average molecular weight is 887 g/mol. The number of carbonyl (C=O) groups excluding carboxylic acids is 6.